The molecule has 0 radical (unpaired) electrons. The van der Waals surface area contributed by atoms with E-state index >= 15 is 0 Å². The number of hydrogen-bond acceptors (Lipinski definition) is 3. The first kappa shape index (κ1) is 16.6. The lowest BCUT2D eigenvalue weighted by molar-refractivity contribution is 0.0475. The average Bonchev–Trinajstić information content (AvgIpc) is 2.90. The molecule has 0 aliphatic carbocycles. The average molecular weight is 362 g/mol. The molecule has 122 valence electrons. The number of aryl methyl sites for hydroxylation is 1. The number of esters is 1. The Bertz CT molecular complexity index is 947. The number of ketones is 1. The lowest BCUT2D eigenvalue weighted by atomic mass is 10.1. The van der Waals surface area contributed by atoms with Crippen LogP contribution in [0.15, 0.2) is 42.5 Å². The predicted molar refractivity (Wildman–Crippen MR) is 94.1 cm³/mol. The standard InChI is InChI=1S/C18H13Cl2NO3/c1-10-17(12-4-2-3-5-15(12)21-10)16(22)9-24-18(23)13-8-11(19)6-7-14(13)20/h2-8,21H,9H2,1H3. The Morgan fingerprint density at radius 2 is 1.88 bits per heavy atom. The van der Waals surface area contributed by atoms with Crippen molar-refractivity contribution in [3.8, 4) is 0 Å². The summed E-state index contributed by atoms with van der Waals surface area (Å²) in [4.78, 5) is 27.7. The van der Waals surface area contributed by atoms with Gasteiger partial charge in [-0.05, 0) is 31.2 Å². The fraction of sp³-hybridized carbons (Fsp3) is 0.111. The molecule has 6 heteroatoms. The highest BCUT2D eigenvalue weighted by Gasteiger charge is 2.19. The minimum Gasteiger partial charge on any atom is -0.454 e. The summed E-state index contributed by atoms with van der Waals surface area (Å²) in [6.07, 6.45) is 0. The number of carbonyl (C=O) groups is 2. The Balaban J connectivity index is 1.79. The number of nitrogens with one attached hydrogen (secondary N) is 1. The van der Waals surface area contributed by atoms with Gasteiger partial charge in [0.2, 0.25) is 5.78 Å². The van der Waals surface area contributed by atoms with Gasteiger partial charge in [0.15, 0.2) is 6.61 Å². The van der Waals surface area contributed by atoms with Crippen LogP contribution < -0.4 is 0 Å². The third-order valence-electron chi connectivity index (χ3n) is 3.66. The van der Waals surface area contributed by atoms with Crippen molar-refractivity contribution in [3.63, 3.8) is 0 Å². The van der Waals surface area contributed by atoms with Crippen LogP contribution in [0.2, 0.25) is 10.0 Å². The number of para-hydroxylation sites is 1. The maximum atomic E-state index is 12.5. The topological polar surface area (TPSA) is 59.2 Å². The van der Waals surface area contributed by atoms with Crippen molar-refractivity contribution in [1.82, 2.24) is 4.98 Å². The summed E-state index contributed by atoms with van der Waals surface area (Å²) in [5.74, 6) is -0.968. The first-order chi connectivity index (χ1) is 11.5. The summed E-state index contributed by atoms with van der Waals surface area (Å²) in [5, 5.41) is 1.39. The highest BCUT2D eigenvalue weighted by atomic mass is 35.5. The molecule has 0 saturated heterocycles. The zero-order valence-electron chi connectivity index (χ0n) is 12.7. The molecule has 24 heavy (non-hydrogen) atoms. The third kappa shape index (κ3) is 3.16. The smallest absolute Gasteiger partial charge is 0.340 e. The molecule has 3 rings (SSSR count). The highest BCUT2D eigenvalue weighted by Crippen LogP contribution is 2.24. The quantitative estimate of drug-likeness (QED) is 0.535. The van der Waals surface area contributed by atoms with Crippen molar-refractivity contribution in [2.24, 2.45) is 0 Å². The zero-order chi connectivity index (χ0) is 17.3. The number of hydrogen-bond donors (Lipinski definition) is 1. The van der Waals surface area contributed by atoms with Crippen LogP contribution >= 0.6 is 23.2 Å². The SMILES string of the molecule is Cc1[nH]c2ccccc2c1C(=O)COC(=O)c1cc(Cl)ccc1Cl. The zero-order valence-corrected chi connectivity index (χ0v) is 14.2. The van der Waals surface area contributed by atoms with Crippen molar-refractivity contribution in [2.75, 3.05) is 6.61 Å². The maximum Gasteiger partial charge on any atom is 0.340 e. The number of aromatic nitrogens is 1. The number of H-pyrrole nitrogens is 1. The molecular weight excluding hydrogens is 349 g/mol. The summed E-state index contributed by atoms with van der Waals surface area (Å²) in [6, 6.07) is 12.0. The fourth-order valence-corrected chi connectivity index (χ4v) is 2.94. The van der Waals surface area contributed by atoms with Crippen molar-refractivity contribution in [2.45, 2.75) is 6.92 Å². The molecular formula is C18H13Cl2NO3. The van der Waals surface area contributed by atoms with Crippen LogP contribution in [0.5, 0.6) is 0 Å². The van der Waals surface area contributed by atoms with Gasteiger partial charge in [0.1, 0.15) is 0 Å². The van der Waals surface area contributed by atoms with Crippen LogP contribution in [0.25, 0.3) is 10.9 Å². The largest absolute Gasteiger partial charge is 0.454 e. The van der Waals surface area contributed by atoms with Gasteiger partial charge < -0.3 is 9.72 Å². The van der Waals surface area contributed by atoms with E-state index in [2.05, 4.69) is 4.98 Å². The summed E-state index contributed by atoms with van der Waals surface area (Å²) in [7, 11) is 0. The number of halogens is 2. The molecule has 0 bridgehead atoms. The first-order valence-electron chi connectivity index (χ1n) is 7.20. The molecule has 0 atom stereocenters. The van der Waals surface area contributed by atoms with Crippen LogP contribution in [0.1, 0.15) is 26.4 Å². The van der Waals surface area contributed by atoms with Gasteiger partial charge in [0.05, 0.1) is 10.6 Å². The Hall–Kier alpha value is -2.30. The Morgan fingerprint density at radius 3 is 2.67 bits per heavy atom. The van der Waals surface area contributed by atoms with Gasteiger partial charge in [-0.25, -0.2) is 4.79 Å². The molecule has 2 aromatic carbocycles. The lowest BCUT2D eigenvalue weighted by Crippen LogP contribution is -2.15. The summed E-state index contributed by atoms with van der Waals surface area (Å²) in [5.41, 5.74) is 2.25. The molecule has 0 unspecified atom stereocenters. The number of Topliss-reactive ketones (excluding diaryl/α,β-unsaturated/α-hetero) is 1. The molecule has 0 saturated carbocycles. The van der Waals surface area contributed by atoms with E-state index in [0.717, 1.165) is 16.6 Å². The van der Waals surface area contributed by atoms with E-state index in [0.29, 0.717) is 10.6 Å². The normalized spacial score (nSPS) is 10.8. The summed E-state index contributed by atoms with van der Waals surface area (Å²) >= 11 is 11.8. The maximum absolute atomic E-state index is 12.5. The first-order valence-corrected chi connectivity index (χ1v) is 7.95. The van der Waals surface area contributed by atoms with Crippen LogP contribution in [0.4, 0.5) is 0 Å². The van der Waals surface area contributed by atoms with Gasteiger partial charge in [-0.1, -0.05) is 41.4 Å². The predicted octanol–water partition coefficient (Wildman–Crippen LogP) is 4.82. The Morgan fingerprint density at radius 1 is 1.12 bits per heavy atom. The highest BCUT2D eigenvalue weighted by molar-refractivity contribution is 6.35. The summed E-state index contributed by atoms with van der Waals surface area (Å²) in [6.45, 7) is 1.44. The number of carbonyl (C=O) groups excluding carboxylic acids is 2. The number of rotatable bonds is 4. The van der Waals surface area contributed by atoms with Gasteiger partial charge in [-0.3, -0.25) is 4.79 Å². The van der Waals surface area contributed by atoms with Gasteiger partial charge in [0.25, 0.3) is 0 Å². The second-order valence-electron chi connectivity index (χ2n) is 5.29. The van der Waals surface area contributed by atoms with E-state index in [4.69, 9.17) is 27.9 Å². The van der Waals surface area contributed by atoms with Crippen molar-refractivity contribution in [3.05, 3.63) is 69.3 Å². The number of ether oxygens (including phenoxy) is 1. The summed E-state index contributed by atoms with van der Waals surface area (Å²) < 4.78 is 5.11. The molecule has 1 heterocycles. The molecule has 4 nitrogen and oxygen atoms in total. The molecule has 0 fully saturated rings. The van der Waals surface area contributed by atoms with E-state index in [1.165, 1.54) is 12.1 Å². The third-order valence-corrected chi connectivity index (χ3v) is 4.22. The second-order valence-corrected chi connectivity index (χ2v) is 6.14. The van der Waals surface area contributed by atoms with E-state index in [-0.39, 0.29) is 23.0 Å². The van der Waals surface area contributed by atoms with Crippen molar-refractivity contribution < 1.29 is 14.3 Å². The molecule has 1 N–H and O–H groups in total. The lowest BCUT2D eigenvalue weighted by Gasteiger charge is -2.06. The minimum absolute atomic E-state index is 0.132. The molecule has 0 amide bonds. The molecule has 0 aliphatic heterocycles. The van der Waals surface area contributed by atoms with E-state index in [1.54, 1.807) is 6.07 Å². The van der Waals surface area contributed by atoms with Gasteiger partial charge >= 0.3 is 5.97 Å². The van der Waals surface area contributed by atoms with Crippen molar-refractivity contribution in [1.29, 1.82) is 0 Å². The van der Waals surface area contributed by atoms with Crippen LogP contribution in [0.3, 0.4) is 0 Å². The van der Waals surface area contributed by atoms with E-state index in [1.807, 2.05) is 31.2 Å². The molecule has 0 spiro atoms. The van der Waals surface area contributed by atoms with Crippen LogP contribution in [-0.4, -0.2) is 23.3 Å². The van der Waals surface area contributed by atoms with Gasteiger partial charge in [-0.2, -0.15) is 0 Å². The van der Waals surface area contributed by atoms with E-state index < -0.39 is 5.97 Å². The van der Waals surface area contributed by atoms with Crippen molar-refractivity contribution >= 4 is 45.9 Å². The van der Waals surface area contributed by atoms with Crippen LogP contribution in [-0.2, 0) is 4.74 Å². The monoisotopic (exact) mass is 361 g/mol. The molecule has 3 aromatic rings. The van der Waals surface area contributed by atoms with E-state index in [9.17, 15) is 9.59 Å². The molecule has 1 aromatic heterocycles. The number of aromatic amines is 1. The second kappa shape index (κ2) is 6.67. The number of fused-ring (bicyclic) bond motifs is 1. The Labute approximate surface area is 148 Å². The number of benzene rings is 2. The fourth-order valence-electron chi connectivity index (χ4n) is 2.57. The minimum atomic E-state index is -0.687. The van der Waals surface area contributed by atoms with Gasteiger partial charge in [-0.15, -0.1) is 0 Å². The molecule has 0 aliphatic rings. The van der Waals surface area contributed by atoms with Gasteiger partial charge in [0, 0.05) is 27.2 Å². The van der Waals surface area contributed by atoms with Crippen LogP contribution in [0, 0.1) is 6.92 Å². The Kier molecular flexibility index (Phi) is 4.60.